The Kier molecular flexibility index (Phi) is 16.5. The van der Waals surface area contributed by atoms with Gasteiger partial charge in [-0.3, -0.25) is 0 Å². The van der Waals surface area contributed by atoms with Gasteiger partial charge in [-0.1, -0.05) is 49.8 Å². The lowest BCUT2D eigenvalue weighted by Crippen LogP contribution is -2.39. The first-order valence-corrected chi connectivity index (χ1v) is 23.0. The minimum Gasteiger partial charge on any atom is -0.497 e. The van der Waals surface area contributed by atoms with Crippen LogP contribution in [0.25, 0.3) is 11.2 Å². The van der Waals surface area contributed by atoms with E-state index < -0.39 is 23.7 Å². The third-order valence-electron chi connectivity index (χ3n) is 11.6. The number of pyridine rings is 1. The fraction of sp³-hybridized carbons (Fsp3) is 0.404. The van der Waals surface area contributed by atoms with Crippen LogP contribution in [0.15, 0.2) is 91.1 Å². The number of methoxy groups -OCH3 is 4. The van der Waals surface area contributed by atoms with Crippen LogP contribution in [0.2, 0.25) is 0 Å². The maximum absolute atomic E-state index is 16.2. The normalized spacial score (nSPS) is 13.7. The second-order valence-corrected chi connectivity index (χ2v) is 17.6. The number of imidazole rings is 1. The summed E-state index contributed by atoms with van der Waals surface area (Å²) in [6, 6.07) is 24.3. The second-order valence-electron chi connectivity index (χ2n) is 17.6. The van der Waals surface area contributed by atoms with Crippen molar-refractivity contribution in [3.8, 4) is 29.0 Å². The molecule has 0 saturated carbocycles. The van der Waals surface area contributed by atoms with Crippen LogP contribution in [-0.2, 0) is 29.2 Å². The van der Waals surface area contributed by atoms with Crippen molar-refractivity contribution in [2.75, 3.05) is 53.0 Å². The lowest BCUT2D eigenvalue weighted by molar-refractivity contribution is 0.0270. The van der Waals surface area contributed by atoms with Crippen LogP contribution < -0.4 is 28.6 Å². The third-order valence-corrected chi connectivity index (χ3v) is 11.6. The molecule has 1 N–H and O–H groups in total. The fourth-order valence-electron chi connectivity index (χ4n) is 7.99. The molecule has 0 bridgehead atoms. The van der Waals surface area contributed by atoms with Crippen LogP contribution in [0, 0.1) is 5.95 Å². The Balaban J connectivity index is 1.27. The number of amides is 1. The standard InChI is InChI=1S/C52H62FN7O9/c1-9-13-38(24-27-67-33-34-14-11-10-12-15-34)68-50-56-49(59(31-36-16-18-39(63-5)28-44(36)65-7)32-37-17-19-40(64-6)29-45(37)66-8)48-54-30-43(60(48)57-50)46(61)41-20-21-42(55-47(41)53)35-22-25-58(26-23-35)51(62)69-52(2,3)4/h10-12,14-22,28-30,38,46,61H,9,13,23-27,31-33H2,1-8H3. The zero-order valence-corrected chi connectivity index (χ0v) is 40.6. The average molecular weight is 948 g/mol. The van der Waals surface area contributed by atoms with Crippen molar-refractivity contribution in [1.82, 2.24) is 29.5 Å². The zero-order chi connectivity index (χ0) is 49.1. The quantitative estimate of drug-likeness (QED) is 0.0536. The van der Waals surface area contributed by atoms with Gasteiger partial charge in [-0.25, -0.2) is 19.3 Å². The van der Waals surface area contributed by atoms with E-state index in [4.69, 9.17) is 48.2 Å². The lowest BCUT2D eigenvalue weighted by atomic mass is 10.0. The van der Waals surface area contributed by atoms with E-state index in [0.29, 0.717) is 80.1 Å². The summed E-state index contributed by atoms with van der Waals surface area (Å²) >= 11 is 0. The van der Waals surface area contributed by atoms with Gasteiger partial charge in [0.2, 0.25) is 5.95 Å². The van der Waals surface area contributed by atoms with Crippen molar-refractivity contribution in [1.29, 1.82) is 0 Å². The summed E-state index contributed by atoms with van der Waals surface area (Å²) in [7, 11) is 6.37. The SMILES string of the molecule is CCCC(CCOCc1ccccc1)Oc1nc(N(Cc2ccc(OC)cc2OC)Cc2ccc(OC)cc2OC)c2ncc(C(O)c3ccc(C4=CCN(C(=O)OC(C)(C)C)CC4)nc3F)n2n1. The zero-order valence-electron chi connectivity index (χ0n) is 40.6. The Hall–Kier alpha value is -6.98. The summed E-state index contributed by atoms with van der Waals surface area (Å²) in [5.41, 5.74) is 3.55. The van der Waals surface area contributed by atoms with Crippen LogP contribution in [0.5, 0.6) is 29.0 Å². The summed E-state index contributed by atoms with van der Waals surface area (Å²) in [5, 5.41) is 16.9. The molecule has 1 aliphatic heterocycles. The molecule has 2 atom stereocenters. The molecule has 7 rings (SSSR count). The van der Waals surface area contributed by atoms with Crippen LogP contribution >= 0.6 is 0 Å². The van der Waals surface area contributed by atoms with Gasteiger partial charge in [0.05, 0.1) is 59.2 Å². The molecule has 0 radical (unpaired) electrons. The molecule has 69 heavy (non-hydrogen) atoms. The Bertz CT molecular complexity index is 2650. The van der Waals surface area contributed by atoms with E-state index in [1.54, 1.807) is 39.4 Å². The van der Waals surface area contributed by atoms with Crippen molar-refractivity contribution in [3.63, 3.8) is 0 Å². The number of ether oxygens (including phenoxy) is 7. The number of benzene rings is 3. The molecule has 6 aromatic rings. The van der Waals surface area contributed by atoms with Gasteiger partial charge in [0, 0.05) is 61.4 Å². The molecule has 16 nitrogen and oxygen atoms in total. The number of nitrogens with zero attached hydrogens (tertiary/aromatic N) is 7. The number of rotatable bonds is 21. The van der Waals surface area contributed by atoms with Gasteiger partial charge in [-0.05, 0) is 81.1 Å². The molecule has 366 valence electrons. The number of anilines is 1. The van der Waals surface area contributed by atoms with E-state index in [1.165, 1.54) is 16.8 Å². The van der Waals surface area contributed by atoms with Gasteiger partial charge >= 0.3 is 12.1 Å². The summed E-state index contributed by atoms with van der Waals surface area (Å²) in [6.07, 6.45) is 3.46. The summed E-state index contributed by atoms with van der Waals surface area (Å²) in [6.45, 7) is 9.57. The van der Waals surface area contributed by atoms with Gasteiger partial charge < -0.3 is 48.1 Å². The highest BCUT2D eigenvalue weighted by Gasteiger charge is 2.29. The molecule has 1 amide bonds. The number of aliphatic hydroxyl groups is 1. The number of fused-ring (bicyclic) bond motifs is 1. The van der Waals surface area contributed by atoms with Crippen molar-refractivity contribution in [2.45, 2.75) is 90.9 Å². The molecule has 0 spiro atoms. The molecular weight excluding hydrogens is 886 g/mol. The number of halogens is 1. The molecule has 2 unspecified atom stereocenters. The number of aromatic nitrogens is 5. The second kappa shape index (κ2) is 22.9. The van der Waals surface area contributed by atoms with Crippen molar-refractivity contribution < 1.29 is 47.4 Å². The molecule has 0 saturated heterocycles. The number of carbonyl (C=O) groups excluding carboxylic acids is 1. The van der Waals surface area contributed by atoms with E-state index in [0.717, 1.165) is 28.7 Å². The van der Waals surface area contributed by atoms with Gasteiger partial charge in [0.25, 0.3) is 0 Å². The van der Waals surface area contributed by atoms with Crippen molar-refractivity contribution >= 4 is 23.1 Å². The monoisotopic (exact) mass is 947 g/mol. The Morgan fingerprint density at radius 2 is 1.55 bits per heavy atom. The summed E-state index contributed by atoms with van der Waals surface area (Å²) in [5.74, 6) is 1.89. The highest BCUT2D eigenvalue weighted by molar-refractivity contribution is 5.72. The molecule has 0 aliphatic carbocycles. The average Bonchev–Trinajstić information content (AvgIpc) is 3.78. The van der Waals surface area contributed by atoms with E-state index >= 15 is 4.39 Å². The van der Waals surface area contributed by atoms with E-state index in [1.807, 2.05) is 98.5 Å². The minimum atomic E-state index is -1.56. The largest absolute Gasteiger partial charge is 0.497 e. The van der Waals surface area contributed by atoms with Gasteiger partial charge in [0.1, 0.15) is 40.8 Å². The van der Waals surface area contributed by atoms with Gasteiger partial charge in [-0.15, -0.1) is 5.10 Å². The first-order valence-electron chi connectivity index (χ1n) is 23.0. The number of carbonyl (C=O) groups is 1. The minimum absolute atomic E-state index is 0.0115. The molecule has 0 fully saturated rings. The smallest absolute Gasteiger partial charge is 0.410 e. The maximum Gasteiger partial charge on any atom is 0.410 e. The third kappa shape index (κ3) is 12.6. The molecule has 17 heteroatoms. The maximum atomic E-state index is 16.2. The van der Waals surface area contributed by atoms with Crippen LogP contribution in [0.4, 0.5) is 15.0 Å². The number of aliphatic hydroxyl groups excluding tert-OH is 1. The Morgan fingerprint density at radius 1 is 0.870 bits per heavy atom. The van der Waals surface area contributed by atoms with Gasteiger partial charge in [0.15, 0.2) is 11.5 Å². The topological polar surface area (TPSA) is 164 Å². The van der Waals surface area contributed by atoms with Crippen LogP contribution in [-0.4, -0.2) is 101 Å². The first kappa shape index (κ1) is 49.9. The van der Waals surface area contributed by atoms with Crippen LogP contribution in [0.3, 0.4) is 0 Å². The molecular formula is C52H62FN7O9. The predicted octanol–water partition coefficient (Wildman–Crippen LogP) is 9.16. The highest BCUT2D eigenvalue weighted by atomic mass is 19.1. The predicted molar refractivity (Wildman–Crippen MR) is 258 cm³/mol. The molecule has 3 aromatic carbocycles. The van der Waals surface area contributed by atoms with Gasteiger partial charge in [-0.2, -0.15) is 9.37 Å². The van der Waals surface area contributed by atoms with E-state index in [-0.39, 0.29) is 42.1 Å². The molecule has 4 heterocycles. The van der Waals surface area contributed by atoms with Crippen molar-refractivity contribution in [2.24, 2.45) is 0 Å². The Morgan fingerprint density at radius 3 is 2.13 bits per heavy atom. The first-order chi connectivity index (χ1) is 33.3. The lowest BCUT2D eigenvalue weighted by Gasteiger charge is -2.29. The summed E-state index contributed by atoms with van der Waals surface area (Å²) in [4.78, 5) is 30.4. The van der Waals surface area contributed by atoms with E-state index in [2.05, 4.69) is 11.9 Å². The summed E-state index contributed by atoms with van der Waals surface area (Å²) < 4.78 is 58.7. The highest BCUT2D eigenvalue weighted by Crippen LogP contribution is 2.35. The van der Waals surface area contributed by atoms with E-state index in [9.17, 15) is 9.90 Å². The fourth-order valence-corrected chi connectivity index (χ4v) is 7.99. The van der Waals surface area contributed by atoms with Crippen LogP contribution in [0.1, 0.15) is 93.1 Å². The number of hydrogen-bond acceptors (Lipinski definition) is 14. The van der Waals surface area contributed by atoms with Crippen molar-refractivity contribution in [3.05, 3.63) is 131 Å². The molecule has 1 aliphatic rings. The number of hydrogen-bond donors (Lipinski definition) is 1. The Labute approximate surface area is 402 Å². The molecule has 3 aromatic heterocycles.